The van der Waals surface area contributed by atoms with Gasteiger partial charge in [-0.1, -0.05) is 0 Å². The quantitative estimate of drug-likeness (QED) is 0.663. The van der Waals surface area contributed by atoms with Gasteiger partial charge in [0.1, 0.15) is 0 Å². The topological polar surface area (TPSA) is 75.9 Å². The first-order valence-electron chi connectivity index (χ1n) is 6.49. The minimum Gasteiger partial charge on any atom is -0.377 e. The Hall–Kier alpha value is -1.14. The summed E-state index contributed by atoms with van der Waals surface area (Å²) >= 11 is 0. The van der Waals surface area contributed by atoms with Crippen LogP contribution in [0.4, 0.5) is 0 Å². The molecule has 0 aromatic rings. The lowest BCUT2D eigenvalue weighted by Gasteiger charge is -2.33. The normalized spacial score (nSPS) is 18.4. The zero-order chi connectivity index (χ0) is 13.5. The van der Waals surface area contributed by atoms with Crippen LogP contribution in [0.2, 0.25) is 0 Å². The first kappa shape index (κ1) is 14.9. The molecule has 1 atom stereocenters. The highest BCUT2D eigenvalue weighted by atomic mass is 16.5. The van der Waals surface area contributed by atoms with E-state index in [1.807, 2.05) is 13.8 Å². The second-order valence-corrected chi connectivity index (χ2v) is 4.32. The lowest BCUT2D eigenvalue weighted by Crippen LogP contribution is -2.54. The van der Waals surface area contributed by atoms with Crippen LogP contribution < -0.4 is 5.73 Å². The van der Waals surface area contributed by atoms with Gasteiger partial charge in [-0.15, -0.1) is 0 Å². The largest absolute Gasteiger partial charge is 0.377 e. The van der Waals surface area contributed by atoms with Crippen LogP contribution in [0.3, 0.4) is 0 Å². The molecule has 1 rings (SSSR count). The second-order valence-electron chi connectivity index (χ2n) is 4.32. The Morgan fingerprint density at radius 3 is 2.39 bits per heavy atom. The van der Waals surface area contributed by atoms with Crippen molar-refractivity contribution in [3.8, 4) is 0 Å². The molecule has 0 saturated carbocycles. The number of hydrogen-bond donors (Lipinski definition) is 1. The monoisotopic (exact) mass is 257 g/mol. The van der Waals surface area contributed by atoms with Crippen LogP contribution in [0, 0.1) is 0 Å². The molecule has 0 aliphatic carbocycles. The molecular weight excluding hydrogens is 234 g/mol. The van der Waals surface area contributed by atoms with E-state index in [-0.39, 0.29) is 31.0 Å². The average molecular weight is 257 g/mol. The van der Waals surface area contributed by atoms with Crippen molar-refractivity contribution < 1.29 is 14.3 Å². The third-order valence-corrected chi connectivity index (χ3v) is 3.13. The molecular formula is C12H23N3O3. The Balaban J connectivity index is 2.43. The Kier molecular flexibility index (Phi) is 6.07. The summed E-state index contributed by atoms with van der Waals surface area (Å²) in [6, 6.07) is 0. The molecule has 0 aromatic heterocycles. The maximum Gasteiger partial charge on any atom is 0.242 e. The lowest BCUT2D eigenvalue weighted by molar-refractivity contribution is -0.150. The number of nitrogens with two attached hydrogens (primary N) is 1. The zero-order valence-corrected chi connectivity index (χ0v) is 11.2. The van der Waals surface area contributed by atoms with Crippen molar-refractivity contribution in [2.75, 3.05) is 39.3 Å². The van der Waals surface area contributed by atoms with E-state index in [1.165, 1.54) is 0 Å². The smallest absolute Gasteiger partial charge is 0.242 e. The Labute approximate surface area is 108 Å². The van der Waals surface area contributed by atoms with Gasteiger partial charge in [0.2, 0.25) is 11.8 Å². The van der Waals surface area contributed by atoms with E-state index in [4.69, 9.17) is 10.5 Å². The van der Waals surface area contributed by atoms with E-state index in [2.05, 4.69) is 0 Å². The SMILES string of the molecule is CCOC(CN)CCN1CC(=O)N(CC)CC1=O. The minimum atomic E-state index is -0.0397. The first-order valence-corrected chi connectivity index (χ1v) is 6.49. The predicted octanol–water partition coefficient (Wildman–Crippen LogP) is -0.569. The second kappa shape index (κ2) is 7.33. The van der Waals surface area contributed by atoms with Gasteiger partial charge in [0.25, 0.3) is 0 Å². The molecule has 2 amide bonds. The summed E-state index contributed by atoms with van der Waals surface area (Å²) in [5.41, 5.74) is 5.58. The van der Waals surface area contributed by atoms with Crippen molar-refractivity contribution in [3.63, 3.8) is 0 Å². The van der Waals surface area contributed by atoms with Gasteiger partial charge in [-0.05, 0) is 20.3 Å². The third kappa shape index (κ3) is 3.96. The van der Waals surface area contributed by atoms with E-state index >= 15 is 0 Å². The van der Waals surface area contributed by atoms with Crippen molar-refractivity contribution in [2.45, 2.75) is 26.4 Å². The van der Waals surface area contributed by atoms with Crippen molar-refractivity contribution >= 4 is 11.8 Å². The predicted molar refractivity (Wildman–Crippen MR) is 67.9 cm³/mol. The molecule has 1 aliphatic heterocycles. The van der Waals surface area contributed by atoms with Crippen molar-refractivity contribution in [1.82, 2.24) is 9.80 Å². The summed E-state index contributed by atoms with van der Waals surface area (Å²) in [6.07, 6.45) is 0.636. The lowest BCUT2D eigenvalue weighted by atomic mass is 10.2. The number of amides is 2. The van der Waals surface area contributed by atoms with Gasteiger partial charge in [-0.25, -0.2) is 0 Å². The van der Waals surface area contributed by atoms with E-state index in [0.29, 0.717) is 32.7 Å². The molecule has 6 nitrogen and oxygen atoms in total. The number of carbonyl (C=O) groups excluding carboxylic acids is 2. The van der Waals surface area contributed by atoms with Crippen LogP contribution in [-0.2, 0) is 14.3 Å². The van der Waals surface area contributed by atoms with Crippen LogP contribution in [0.5, 0.6) is 0 Å². The Morgan fingerprint density at radius 2 is 1.83 bits per heavy atom. The van der Waals surface area contributed by atoms with Gasteiger partial charge < -0.3 is 20.3 Å². The molecule has 2 N–H and O–H groups in total. The number of ether oxygens (including phenoxy) is 1. The summed E-state index contributed by atoms with van der Waals surface area (Å²) in [5.74, 6) is 0.0153. The summed E-state index contributed by atoms with van der Waals surface area (Å²) in [7, 11) is 0. The number of rotatable bonds is 7. The van der Waals surface area contributed by atoms with E-state index in [1.54, 1.807) is 9.80 Å². The van der Waals surface area contributed by atoms with Crippen LogP contribution in [0.25, 0.3) is 0 Å². The molecule has 0 bridgehead atoms. The highest BCUT2D eigenvalue weighted by Crippen LogP contribution is 2.07. The minimum absolute atomic E-state index is 0.00344. The Morgan fingerprint density at radius 1 is 1.22 bits per heavy atom. The molecule has 1 aliphatic rings. The molecule has 1 saturated heterocycles. The maximum atomic E-state index is 11.8. The van der Waals surface area contributed by atoms with Crippen LogP contribution in [0.15, 0.2) is 0 Å². The maximum absolute atomic E-state index is 11.8. The average Bonchev–Trinajstić information content (AvgIpc) is 2.37. The Bertz CT molecular complexity index is 296. The molecule has 0 spiro atoms. The number of nitrogens with zero attached hydrogens (tertiary/aromatic N) is 2. The summed E-state index contributed by atoms with van der Waals surface area (Å²) in [4.78, 5) is 26.7. The third-order valence-electron chi connectivity index (χ3n) is 3.13. The van der Waals surface area contributed by atoms with Gasteiger partial charge in [0, 0.05) is 26.2 Å². The van der Waals surface area contributed by atoms with Gasteiger partial charge >= 0.3 is 0 Å². The highest BCUT2D eigenvalue weighted by molar-refractivity contribution is 5.92. The van der Waals surface area contributed by atoms with Gasteiger partial charge in [0.15, 0.2) is 0 Å². The van der Waals surface area contributed by atoms with E-state index < -0.39 is 0 Å². The summed E-state index contributed by atoms with van der Waals surface area (Å²) in [6.45, 7) is 6.32. The van der Waals surface area contributed by atoms with Gasteiger partial charge in [-0.2, -0.15) is 0 Å². The number of piperazine rings is 1. The van der Waals surface area contributed by atoms with Crippen LogP contribution >= 0.6 is 0 Å². The standard InChI is InChI=1S/C12H23N3O3/c1-3-14-8-12(17)15(9-11(14)16)6-5-10(7-13)18-4-2/h10H,3-9,13H2,1-2H3. The van der Waals surface area contributed by atoms with Crippen LogP contribution in [-0.4, -0.2) is 67.0 Å². The highest BCUT2D eigenvalue weighted by Gasteiger charge is 2.28. The summed E-state index contributed by atoms with van der Waals surface area (Å²) < 4.78 is 5.43. The number of likely N-dealkylation sites (N-methyl/N-ethyl adjacent to an activating group) is 1. The molecule has 1 heterocycles. The first-order chi connectivity index (χ1) is 8.62. The zero-order valence-electron chi connectivity index (χ0n) is 11.2. The van der Waals surface area contributed by atoms with Crippen LogP contribution in [0.1, 0.15) is 20.3 Å². The fraction of sp³-hybridized carbons (Fsp3) is 0.833. The fourth-order valence-electron chi connectivity index (χ4n) is 2.00. The van der Waals surface area contributed by atoms with E-state index in [9.17, 15) is 9.59 Å². The van der Waals surface area contributed by atoms with E-state index in [0.717, 1.165) is 0 Å². The molecule has 18 heavy (non-hydrogen) atoms. The molecule has 104 valence electrons. The molecule has 1 unspecified atom stereocenters. The molecule has 0 aromatic carbocycles. The van der Waals surface area contributed by atoms with Gasteiger partial charge in [-0.3, -0.25) is 9.59 Å². The van der Waals surface area contributed by atoms with Crippen molar-refractivity contribution in [3.05, 3.63) is 0 Å². The van der Waals surface area contributed by atoms with Crippen molar-refractivity contribution in [1.29, 1.82) is 0 Å². The number of hydrogen-bond acceptors (Lipinski definition) is 4. The molecule has 1 fully saturated rings. The summed E-state index contributed by atoms with van der Waals surface area (Å²) in [5, 5.41) is 0. The van der Waals surface area contributed by atoms with Crippen molar-refractivity contribution in [2.24, 2.45) is 5.73 Å². The van der Waals surface area contributed by atoms with Gasteiger partial charge in [0.05, 0.1) is 19.2 Å². The number of carbonyl (C=O) groups is 2. The molecule has 0 radical (unpaired) electrons. The fourth-order valence-corrected chi connectivity index (χ4v) is 2.00. The molecule has 6 heteroatoms.